The maximum atomic E-state index is 13.3. The van der Waals surface area contributed by atoms with Crippen LogP contribution in [0.3, 0.4) is 0 Å². The topological polar surface area (TPSA) is 120 Å². The molecule has 1 N–H and O–H groups in total. The molecule has 9 heteroatoms. The first kappa shape index (κ1) is 32.2. The van der Waals surface area contributed by atoms with E-state index in [-0.39, 0.29) is 29.9 Å². The number of allylic oxidation sites excluding steroid dienone is 1. The van der Waals surface area contributed by atoms with E-state index in [1.165, 1.54) is 61.7 Å². The van der Waals surface area contributed by atoms with Gasteiger partial charge in [0.05, 0.1) is 19.9 Å². The Kier molecular flexibility index (Phi) is 12.0. The molecule has 42 heavy (non-hydrogen) atoms. The van der Waals surface area contributed by atoms with Crippen LogP contribution in [0.4, 0.5) is 0 Å². The second-order valence-corrected chi connectivity index (χ2v) is 13.8. The molecular weight excluding hydrogens is 569 g/mol. The third kappa shape index (κ3) is 7.81. The number of carbonyl (C=O) groups excluding carboxylic acids is 2. The highest BCUT2D eigenvalue weighted by molar-refractivity contribution is 8.24. The van der Waals surface area contributed by atoms with Gasteiger partial charge >= 0.3 is 5.97 Å². The monoisotopic (exact) mass is 608 g/mol. The zero-order chi connectivity index (χ0) is 30.1. The second-order valence-electron chi connectivity index (χ2n) is 11.5. The molecule has 1 atom stereocenters. The van der Waals surface area contributed by atoms with Gasteiger partial charge in [-0.25, -0.2) is 0 Å². The molecule has 0 amide bonds. The summed E-state index contributed by atoms with van der Waals surface area (Å²) in [7, 11) is 0. The van der Waals surface area contributed by atoms with Crippen molar-refractivity contribution in [3.05, 3.63) is 34.6 Å². The maximum Gasteiger partial charge on any atom is 0.314 e. The number of benzene rings is 1. The van der Waals surface area contributed by atoms with Crippen molar-refractivity contribution in [1.29, 1.82) is 10.5 Å². The SMILES string of the molecule is C=CC(=O)C(CCCCO)Oc1ccc(OC(=O)C2CCC(C3CCC(CC)CC3)CC2)c2c1SC(=C(C#N)C#N)S2. The van der Waals surface area contributed by atoms with Gasteiger partial charge in [0.2, 0.25) is 0 Å². The van der Waals surface area contributed by atoms with Crippen molar-refractivity contribution < 1.29 is 24.2 Å². The highest BCUT2D eigenvalue weighted by atomic mass is 32.2. The van der Waals surface area contributed by atoms with Gasteiger partial charge < -0.3 is 14.6 Å². The van der Waals surface area contributed by atoms with Crippen molar-refractivity contribution in [1.82, 2.24) is 0 Å². The van der Waals surface area contributed by atoms with Crippen molar-refractivity contribution in [3.63, 3.8) is 0 Å². The summed E-state index contributed by atoms with van der Waals surface area (Å²) in [6.07, 6.45) is 12.4. The Hall–Kier alpha value is -2.72. The standard InChI is InChI=1S/C33H40N2O5S2/c1-3-21-8-10-22(11-9-21)23-12-14-24(15-13-23)32(38)40-29-17-16-28(39-27(26(37)4-2)7-5-6-18-36)30-31(29)42-33(41-30)25(19-34)20-35/h4,16-17,21-24,27,36H,2-3,5-15,18H2,1H3. The van der Waals surface area contributed by atoms with Crippen LogP contribution in [0.15, 0.2) is 44.4 Å². The molecule has 0 spiro atoms. The van der Waals surface area contributed by atoms with E-state index in [1.807, 2.05) is 12.1 Å². The second kappa shape index (κ2) is 15.7. The van der Waals surface area contributed by atoms with Crippen molar-refractivity contribution in [2.24, 2.45) is 23.7 Å². The van der Waals surface area contributed by atoms with Gasteiger partial charge in [-0.3, -0.25) is 9.59 Å². The summed E-state index contributed by atoms with van der Waals surface area (Å²) in [5, 5.41) is 28.1. The average molecular weight is 609 g/mol. The number of aliphatic hydroxyl groups is 1. The molecule has 4 rings (SSSR count). The van der Waals surface area contributed by atoms with Crippen LogP contribution in [0.2, 0.25) is 0 Å². The molecule has 3 aliphatic rings. The Labute approximate surface area is 257 Å². The van der Waals surface area contributed by atoms with E-state index >= 15 is 0 Å². The molecule has 224 valence electrons. The molecule has 2 aliphatic carbocycles. The number of nitrogens with zero attached hydrogens (tertiary/aromatic N) is 2. The lowest BCUT2D eigenvalue weighted by atomic mass is 9.69. The number of rotatable bonds is 12. The van der Waals surface area contributed by atoms with Crippen molar-refractivity contribution in [2.45, 2.75) is 99.9 Å². The Bertz CT molecular complexity index is 1250. The van der Waals surface area contributed by atoms with E-state index in [2.05, 4.69) is 13.5 Å². The minimum atomic E-state index is -0.788. The number of hydrogen-bond acceptors (Lipinski definition) is 9. The van der Waals surface area contributed by atoms with Gasteiger partial charge in [0.15, 0.2) is 11.9 Å². The van der Waals surface area contributed by atoms with Gasteiger partial charge in [0.1, 0.15) is 29.2 Å². The molecule has 1 aromatic carbocycles. The molecule has 0 saturated heterocycles. The van der Waals surface area contributed by atoms with E-state index in [0.29, 0.717) is 50.7 Å². The first-order valence-corrected chi connectivity index (χ1v) is 16.8. The fraction of sp³-hybridized carbons (Fsp3) is 0.576. The number of ketones is 1. The lowest BCUT2D eigenvalue weighted by molar-refractivity contribution is -0.140. The van der Waals surface area contributed by atoms with Crippen LogP contribution in [0.5, 0.6) is 11.5 Å². The van der Waals surface area contributed by atoms with Gasteiger partial charge in [-0.1, -0.05) is 56.3 Å². The van der Waals surface area contributed by atoms with Crippen LogP contribution in [-0.4, -0.2) is 29.6 Å². The normalized spacial score (nSPS) is 24.0. The predicted molar refractivity (Wildman–Crippen MR) is 164 cm³/mol. The van der Waals surface area contributed by atoms with E-state index in [0.717, 1.165) is 37.5 Å². The zero-order valence-electron chi connectivity index (χ0n) is 24.3. The zero-order valence-corrected chi connectivity index (χ0v) is 25.9. The number of nitriles is 2. The number of hydrogen-bond donors (Lipinski definition) is 1. The summed E-state index contributed by atoms with van der Waals surface area (Å²) in [5.74, 6) is 2.49. The molecule has 2 fully saturated rings. The van der Waals surface area contributed by atoms with E-state index in [1.54, 1.807) is 12.1 Å². The lowest BCUT2D eigenvalue weighted by Crippen LogP contribution is -2.30. The van der Waals surface area contributed by atoms with Crippen molar-refractivity contribution >= 4 is 35.3 Å². The maximum absolute atomic E-state index is 13.3. The van der Waals surface area contributed by atoms with E-state index in [4.69, 9.17) is 14.6 Å². The molecule has 0 bridgehead atoms. The number of fused-ring (bicyclic) bond motifs is 1. The summed E-state index contributed by atoms with van der Waals surface area (Å²) < 4.78 is 12.6. The molecule has 1 aromatic rings. The highest BCUT2D eigenvalue weighted by Gasteiger charge is 2.35. The largest absolute Gasteiger partial charge is 0.481 e. The van der Waals surface area contributed by atoms with Crippen LogP contribution in [0.25, 0.3) is 0 Å². The third-order valence-electron chi connectivity index (χ3n) is 8.97. The van der Waals surface area contributed by atoms with Gasteiger partial charge in [0, 0.05) is 6.61 Å². The summed E-state index contributed by atoms with van der Waals surface area (Å²) in [5.41, 5.74) is -0.0302. The minimum absolute atomic E-state index is 0.0256. The van der Waals surface area contributed by atoms with Gasteiger partial charge in [-0.2, -0.15) is 10.5 Å². The first-order valence-electron chi connectivity index (χ1n) is 15.1. The molecule has 1 aliphatic heterocycles. The average Bonchev–Trinajstić information content (AvgIpc) is 3.48. The molecule has 7 nitrogen and oxygen atoms in total. The summed E-state index contributed by atoms with van der Waals surface area (Å²) in [6.45, 7) is 5.90. The molecular formula is C33H40N2O5S2. The number of aliphatic hydroxyl groups excluding tert-OH is 1. The number of unbranched alkanes of at least 4 members (excludes halogenated alkanes) is 1. The Morgan fingerprint density at radius 1 is 1.00 bits per heavy atom. The fourth-order valence-corrected chi connectivity index (χ4v) is 8.88. The Morgan fingerprint density at radius 3 is 2.17 bits per heavy atom. The van der Waals surface area contributed by atoms with Gasteiger partial charge in [-0.15, -0.1) is 0 Å². The molecule has 2 saturated carbocycles. The van der Waals surface area contributed by atoms with E-state index in [9.17, 15) is 20.1 Å². The van der Waals surface area contributed by atoms with Crippen LogP contribution in [0, 0.1) is 46.3 Å². The number of carbonyl (C=O) groups is 2. The number of esters is 1. The Morgan fingerprint density at radius 2 is 1.60 bits per heavy atom. The van der Waals surface area contributed by atoms with Crippen LogP contribution in [0.1, 0.15) is 84.0 Å². The number of ether oxygens (including phenoxy) is 2. The molecule has 0 radical (unpaired) electrons. The van der Waals surface area contributed by atoms with Gasteiger partial charge in [-0.05, 0) is 93.7 Å². The lowest BCUT2D eigenvalue weighted by Gasteiger charge is -2.37. The summed E-state index contributed by atoms with van der Waals surface area (Å²) >= 11 is 2.42. The first-order chi connectivity index (χ1) is 20.4. The third-order valence-corrected chi connectivity index (χ3v) is 11.6. The summed E-state index contributed by atoms with van der Waals surface area (Å²) in [6, 6.07) is 7.22. The molecule has 1 unspecified atom stereocenters. The molecule has 0 aromatic heterocycles. The van der Waals surface area contributed by atoms with Crippen LogP contribution in [-0.2, 0) is 9.59 Å². The summed E-state index contributed by atoms with van der Waals surface area (Å²) in [4.78, 5) is 27.1. The minimum Gasteiger partial charge on any atom is -0.481 e. The predicted octanol–water partition coefficient (Wildman–Crippen LogP) is 7.74. The van der Waals surface area contributed by atoms with Gasteiger partial charge in [0.25, 0.3) is 0 Å². The quantitative estimate of drug-likeness (QED) is 0.0835. The smallest absolute Gasteiger partial charge is 0.314 e. The highest BCUT2D eigenvalue weighted by Crippen LogP contribution is 2.59. The fourth-order valence-electron chi connectivity index (χ4n) is 6.39. The molecule has 1 heterocycles. The Balaban J connectivity index is 1.48. The van der Waals surface area contributed by atoms with Crippen molar-refractivity contribution in [2.75, 3.05) is 6.61 Å². The van der Waals surface area contributed by atoms with Crippen LogP contribution >= 0.6 is 23.5 Å². The number of thioether (sulfide) groups is 2. The van der Waals surface area contributed by atoms with Crippen LogP contribution < -0.4 is 9.47 Å². The van der Waals surface area contributed by atoms with E-state index < -0.39 is 6.10 Å². The van der Waals surface area contributed by atoms with Crippen molar-refractivity contribution in [3.8, 4) is 23.6 Å².